The first-order valence-corrected chi connectivity index (χ1v) is 5.85. The average molecular weight is 238 g/mol. The van der Waals surface area contributed by atoms with Crippen molar-refractivity contribution in [2.24, 2.45) is 12.8 Å². The SMILES string of the molecule is Cn1c(C(N)c2ccccn2)nc2ccccc21. The van der Waals surface area contributed by atoms with Crippen LogP contribution in [0.15, 0.2) is 48.7 Å². The summed E-state index contributed by atoms with van der Waals surface area (Å²) in [7, 11) is 1.98. The van der Waals surface area contributed by atoms with E-state index >= 15 is 0 Å². The summed E-state index contributed by atoms with van der Waals surface area (Å²) in [4.78, 5) is 8.87. The summed E-state index contributed by atoms with van der Waals surface area (Å²) in [6, 6.07) is 13.4. The molecule has 0 amide bonds. The molecule has 0 spiro atoms. The molecule has 0 radical (unpaired) electrons. The molecule has 0 bridgehead atoms. The molecule has 2 heterocycles. The van der Waals surface area contributed by atoms with Gasteiger partial charge in [-0.15, -0.1) is 0 Å². The molecule has 0 aliphatic carbocycles. The smallest absolute Gasteiger partial charge is 0.132 e. The molecular formula is C14H14N4. The van der Waals surface area contributed by atoms with Crippen molar-refractivity contribution in [2.75, 3.05) is 0 Å². The van der Waals surface area contributed by atoms with Gasteiger partial charge in [0.25, 0.3) is 0 Å². The third kappa shape index (κ3) is 1.67. The van der Waals surface area contributed by atoms with Crippen molar-refractivity contribution in [3.63, 3.8) is 0 Å². The second-order valence-corrected chi connectivity index (χ2v) is 4.25. The van der Waals surface area contributed by atoms with Crippen molar-refractivity contribution in [1.82, 2.24) is 14.5 Å². The highest BCUT2D eigenvalue weighted by atomic mass is 15.1. The van der Waals surface area contributed by atoms with E-state index in [0.29, 0.717) is 0 Å². The van der Waals surface area contributed by atoms with E-state index in [0.717, 1.165) is 22.6 Å². The molecule has 4 heteroatoms. The summed E-state index contributed by atoms with van der Waals surface area (Å²) in [5, 5.41) is 0. The maximum atomic E-state index is 6.24. The molecule has 2 N–H and O–H groups in total. The van der Waals surface area contributed by atoms with Crippen LogP contribution >= 0.6 is 0 Å². The van der Waals surface area contributed by atoms with Crippen LogP contribution in [0.5, 0.6) is 0 Å². The minimum Gasteiger partial charge on any atom is -0.329 e. The lowest BCUT2D eigenvalue weighted by Gasteiger charge is -2.10. The predicted octanol–water partition coefficient (Wildman–Crippen LogP) is 2.02. The number of aromatic nitrogens is 3. The van der Waals surface area contributed by atoms with Crippen LogP contribution in [0.25, 0.3) is 11.0 Å². The van der Waals surface area contributed by atoms with E-state index in [2.05, 4.69) is 9.97 Å². The van der Waals surface area contributed by atoms with Crippen LogP contribution in [0.3, 0.4) is 0 Å². The normalized spacial score (nSPS) is 12.8. The van der Waals surface area contributed by atoms with Crippen molar-refractivity contribution >= 4 is 11.0 Å². The molecule has 0 fully saturated rings. The zero-order valence-corrected chi connectivity index (χ0v) is 10.1. The van der Waals surface area contributed by atoms with Gasteiger partial charge in [-0.25, -0.2) is 4.98 Å². The number of benzene rings is 1. The maximum absolute atomic E-state index is 6.24. The number of hydrogen-bond donors (Lipinski definition) is 1. The highest BCUT2D eigenvalue weighted by Crippen LogP contribution is 2.21. The Labute approximate surface area is 105 Å². The molecule has 0 saturated carbocycles. The number of aryl methyl sites for hydroxylation is 1. The molecule has 1 unspecified atom stereocenters. The number of rotatable bonds is 2. The summed E-state index contributed by atoms with van der Waals surface area (Å²) < 4.78 is 2.02. The predicted molar refractivity (Wildman–Crippen MR) is 71.0 cm³/mol. The average Bonchev–Trinajstić information content (AvgIpc) is 2.77. The van der Waals surface area contributed by atoms with Gasteiger partial charge < -0.3 is 10.3 Å². The van der Waals surface area contributed by atoms with Gasteiger partial charge in [0.05, 0.1) is 16.7 Å². The Morgan fingerprint density at radius 3 is 2.61 bits per heavy atom. The Hall–Kier alpha value is -2.20. The van der Waals surface area contributed by atoms with Crippen molar-refractivity contribution in [3.8, 4) is 0 Å². The molecule has 18 heavy (non-hydrogen) atoms. The molecule has 3 aromatic rings. The van der Waals surface area contributed by atoms with Gasteiger partial charge in [0.15, 0.2) is 0 Å². The lowest BCUT2D eigenvalue weighted by atomic mass is 10.2. The van der Waals surface area contributed by atoms with Gasteiger partial charge in [-0.1, -0.05) is 18.2 Å². The summed E-state index contributed by atoms with van der Waals surface area (Å²) in [5.74, 6) is 0.829. The largest absolute Gasteiger partial charge is 0.329 e. The summed E-state index contributed by atoms with van der Waals surface area (Å²) >= 11 is 0. The molecule has 0 saturated heterocycles. The van der Waals surface area contributed by atoms with Crippen LogP contribution in [0.2, 0.25) is 0 Å². The van der Waals surface area contributed by atoms with Crippen LogP contribution < -0.4 is 5.73 Å². The van der Waals surface area contributed by atoms with Crippen molar-refractivity contribution in [1.29, 1.82) is 0 Å². The number of para-hydroxylation sites is 2. The Kier molecular flexibility index (Phi) is 2.57. The van der Waals surface area contributed by atoms with E-state index < -0.39 is 0 Å². The lowest BCUT2D eigenvalue weighted by Crippen LogP contribution is -2.17. The van der Waals surface area contributed by atoms with E-state index in [9.17, 15) is 0 Å². The highest BCUT2D eigenvalue weighted by Gasteiger charge is 2.17. The Bertz CT molecular complexity index is 673. The van der Waals surface area contributed by atoms with Gasteiger partial charge in [0, 0.05) is 13.2 Å². The maximum Gasteiger partial charge on any atom is 0.132 e. The minimum absolute atomic E-state index is 0.302. The van der Waals surface area contributed by atoms with E-state index in [1.54, 1.807) is 6.20 Å². The Morgan fingerprint density at radius 1 is 1.11 bits per heavy atom. The topological polar surface area (TPSA) is 56.7 Å². The number of imidazole rings is 1. The van der Waals surface area contributed by atoms with Crippen LogP contribution in [0.4, 0.5) is 0 Å². The van der Waals surface area contributed by atoms with Crippen LogP contribution in [-0.2, 0) is 7.05 Å². The van der Waals surface area contributed by atoms with Gasteiger partial charge in [0.2, 0.25) is 0 Å². The zero-order chi connectivity index (χ0) is 12.5. The standard InChI is InChI=1S/C14H14N4/c1-18-12-8-3-2-6-10(12)17-14(18)13(15)11-7-4-5-9-16-11/h2-9,13H,15H2,1H3. The quantitative estimate of drug-likeness (QED) is 0.743. The molecule has 1 aromatic carbocycles. The fourth-order valence-corrected chi connectivity index (χ4v) is 2.13. The van der Waals surface area contributed by atoms with Crippen LogP contribution in [0.1, 0.15) is 17.6 Å². The van der Waals surface area contributed by atoms with E-state index in [-0.39, 0.29) is 6.04 Å². The van der Waals surface area contributed by atoms with Crippen molar-refractivity contribution in [2.45, 2.75) is 6.04 Å². The van der Waals surface area contributed by atoms with Gasteiger partial charge in [-0.2, -0.15) is 0 Å². The Morgan fingerprint density at radius 2 is 1.89 bits per heavy atom. The van der Waals surface area contributed by atoms with E-state index in [1.807, 2.05) is 54.1 Å². The fourth-order valence-electron chi connectivity index (χ4n) is 2.13. The van der Waals surface area contributed by atoms with Gasteiger partial charge >= 0.3 is 0 Å². The van der Waals surface area contributed by atoms with Gasteiger partial charge in [-0.05, 0) is 24.3 Å². The number of fused-ring (bicyclic) bond motifs is 1. The molecular weight excluding hydrogens is 224 g/mol. The summed E-state index contributed by atoms with van der Waals surface area (Å²) in [5.41, 5.74) is 9.11. The van der Waals surface area contributed by atoms with Crippen molar-refractivity contribution < 1.29 is 0 Å². The van der Waals surface area contributed by atoms with Crippen LogP contribution in [0, 0.1) is 0 Å². The summed E-state index contributed by atoms with van der Waals surface area (Å²) in [6.45, 7) is 0. The number of nitrogens with zero attached hydrogens (tertiary/aromatic N) is 3. The third-order valence-electron chi connectivity index (χ3n) is 3.11. The summed E-state index contributed by atoms with van der Waals surface area (Å²) in [6.07, 6.45) is 1.75. The monoisotopic (exact) mass is 238 g/mol. The molecule has 0 aliphatic heterocycles. The molecule has 2 aromatic heterocycles. The van der Waals surface area contributed by atoms with Gasteiger partial charge in [-0.3, -0.25) is 4.98 Å². The first kappa shape index (κ1) is 10.9. The molecule has 1 atom stereocenters. The molecule has 3 rings (SSSR count). The fraction of sp³-hybridized carbons (Fsp3) is 0.143. The van der Waals surface area contributed by atoms with E-state index in [4.69, 9.17) is 5.73 Å². The minimum atomic E-state index is -0.302. The third-order valence-corrected chi connectivity index (χ3v) is 3.11. The number of hydrogen-bond acceptors (Lipinski definition) is 3. The second kappa shape index (κ2) is 4.23. The number of nitrogens with two attached hydrogens (primary N) is 1. The molecule has 90 valence electrons. The first-order valence-electron chi connectivity index (χ1n) is 5.85. The second-order valence-electron chi connectivity index (χ2n) is 4.25. The van der Waals surface area contributed by atoms with Crippen LogP contribution in [-0.4, -0.2) is 14.5 Å². The van der Waals surface area contributed by atoms with E-state index in [1.165, 1.54) is 0 Å². The molecule has 4 nitrogen and oxygen atoms in total. The molecule has 0 aliphatic rings. The first-order chi connectivity index (χ1) is 8.77. The van der Waals surface area contributed by atoms with Crippen molar-refractivity contribution in [3.05, 3.63) is 60.2 Å². The Balaban J connectivity index is 2.12. The highest BCUT2D eigenvalue weighted by molar-refractivity contribution is 5.76. The van der Waals surface area contributed by atoms with Gasteiger partial charge in [0.1, 0.15) is 11.9 Å². The zero-order valence-electron chi connectivity index (χ0n) is 10.1. The lowest BCUT2D eigenvalue weighted by molar-refractivity contribution is 0.710. The number of pyridine rings is 1.